The van der Waals surface area contributed by atoms with Gasteiger partial charge in [0.25, 0.3) is 0 Å². The summed E-state index contributed by atoms with van der Waals surface area (Å²) in [7, 11) is 1.52. The van der Waals surface area contributed by atoms with Crippen molar-refractivity contribution < 1.29 is 19.2 Å². The van der Waals surface area contributed by atoms with Crippen LogP contribution in [0.4, 0.5) is 0 Å². The smallest absolute Gasteiger partial charge is 0.243 e. The molecule has 1 aliphatic carbocycles. The van der Waals surface area contributed by atoms with Crippen LogP contribution in [0.5, 0.6) is 0 Å². The van der Waals surface area contributed by atoms with Gasteiger partial charge in [-0.3, -0.25) is 24.1 Å². The highest BCUT2D eigenvalue weighted by Gasteiger charge is 2.36. The van der Waals surface area contributed by atoms with Gasteiger partial charge in [-0.15, -0.1) is 0 Å². The van der Waals surface area contributed by atoms with Gasteiger partial charge in [-0.05, 0) is 48.9 Å². The minimum Gasteiger partial charge on any atom is -0.356 e. The molecule has 2 aromatic rings. The number of likely N-dealkylation sites (N-methyl/N-ethyl adjacent to an activating group) is 1. The highest BCUT2D eigenvalue weighted by atomic mass is 16.2. The average molecular weight is 548 g/mol. The van der Waals surface area contributed by atoms with Crippen molar-refractivity contribution in [1.29, 1.82) is 0 Å². The first-order valence-corrected chi connectivity index (χ1v) is 14.3. The summed E-state index contributed by atoms with van der Waals surface area (Å²) in [6.07, 6.45) is 7.27. The van der Waals surface area contributed by atoms with Gasteiger partial charge in [0, 0.05) is 50.8 Å². The maximum absolute atomic E-state index is 13.3. The third kappa shape index (κ3) is 7.47. The number of fused-ring (bicyclic) bond motifs is 1. The lowest BCUT2D eigenvalue weighted by atomic mass is 9.83. The first-order valence-electron chi connectivity index (χ1n) is 14.3. The normalized spacial score (nSPS) is 17.2. The largest absolute Gasteiger partial charge is 0.356 e. The van der Waals surface area contributed by atoms with Gasteiger partial charge in [-0.25, -0.2) is 0 Å². The Morgan fingerprint density at radius 1 is 0.975 bits per heavy atom. The molecule has 9 nitrogen and oxygen atoms in total. The molecule has 0 aromatic heterocycles. The zero-order chi connectivity index (χ0) is 28.5. The molecule has 0 spiro atoms. The summed E-state index contributed by atoms with van der Waals surface area (Å²) in [6.45, 7) is 3.90. The summed E-state index contributed by atoms with van der Waals surface area (Å²) in [5.41, 5.74) is 1.31. The highest BCUT2D eigenvalue weighted by Crippen LogP contribution is 2.33. The fourth-order valence-electron chi connectivity index (χ4n) is 5.55. The number of amides is 4. The van der Waals surface area contributed by atoms with E-state index in [1.54, 1.807) is 4.90 Å². The Bertz CT molecular complexity index is 1230. The van der Waals surface area contributed by atoms with E-state index in [9.17, 15) is 19.2 Å². The lowest BCUT2D eigenvalue weighted by Gasteiger charge is -2.42. The predicted molar refractivity (Wildman–Crippen MR) is 155 cm³/mol. The van der Waals surface area contributed by atoms with Crippen LogP contribution in [0.15, 0.2) is 54.6 Å². The molecule has 1 saturated heterocycles. The molecule has 214 valence electrons. The molecule has 4 rings (SSSR count). The fraction of sp³-hybridized carbons (Fsp3) is 0.484. The van der Waals surface area contributed by atoms with Crippen LogP contribution >= 0.6 is 0 Å². The van der Waals surface area contributed by atoms with Crippen LogP contribution in [-0.4, -0.2) is 79.2 Å². The average Bonchev–Trinajstić information content (AvgIpc) is 2.95. The zero-order valence-electron chi connectivity index (χ0n) is 23.5. The van der Waals surface area contributed by atoms with E-state index >= 15 is 0 Å². The van der Waals surface area contributed by atoms with Gasteiger partial charge < -0.3 is 20.9 Å². The molecule has 9 heteroatoms. The van der Waals surface area contributed by atoms with Gasteiger partial charge in [0.1, 0.15) is 0 Å². The molecule has 1 unspecified atom stereocenters. The van der Waals surface area contributed by atoms with Crippen molar-refractivity contribution in [3.63, 3.8) is 0 Å². The fourth-order valence-corrected chi connectivity index (χ4v) is 5.55. The van der Waals surface area contributed by atoms with Crippen LogP contribution in [0.3, 0.4) is 0 Å². The predicted octanol–water partition coefficient (Wildman–Crippen LogP) is 2.53. The quantitative estimate of drug-likeness (QED) is 0.375. The Labute approximate surface area is 236 Å². The van der Waals surface area contributed by atoms with E-state index in [0.29, 0.717) is 0 Å². The number of hydrogen-bond donors (Lipinski definition) is 3. The van der Waals surface area contributed by atoms with E-state index in [1.165, 1.54) is 35.5 Å². The molecule has 1 aliphatic heterocycles. The number of likely N-dealkylation sites (tertiary alicyclic amines) is 1. The first kappa shape index (κ1) is 29.3. The highest BCUT2D eigenvalue weighted by molar-refractivity contribution is 5.90. The lowest BCUT2D eigenvalue weighted by molar-refractivity contribution is -0.145. The third-order valence-corrected chi connectivity index (χ3v) is 8.19. The second-order valence-corrected chi connectivity index (χ2v) is 10.7. The number of nitrogens with zero attached hydrogens (tertiary/aromatic N) is 2. The van der Waals surface area contributed by atoms with Crippen molar-refractivity contribution in [3.05, 3.63) is 60.2 Å². The molecule has 40 heavy (non-hydrogen) atoms. The van der Waals surface area contributed by atoms with Crippen LogP contribution in [-0.2, 0) is 19.2 Å². The summed E-state index contributed by atoms with van der Waals surface area (Å²) < 4.78 is 0. The topological polar surface area (TPSA) is 111 Å². The Balaban J connectivity index is 1.31. The Kier molecular flexibility index (Phi) is 10.3. The summed E-state index contributed by atoms with van der Waals surface area (Å²) in [6, 6.07) is 15.1. The molecule has 0 bridgehead atoms. The van der Waals surface area contributed by atoms with Crippen LogP contribution in [0.25, 0.3) is 10.8 Å². The molecule has 1 heterocycles. The van der Waals surface area contributed by atoms with Crippen molar-refractivity contribution in [2.75, 3.05) is 39.8 Å². The van der Waals surface area contributed by atoms with E-state index in [1.807, 2.05) is 0 Å². The summed E-state index contributed by atoms with van der Waals surface area (Å²) in [5.74, 6) is -0.896. The number of nitrogens with one attached hydrogen (secondary N) is 3. The van der Waals surface area contributed by atoms with Crippen molar-refractivity contribution in [2.45, 2.75) is 51.1 Å². The Morgan fingerprint density at radius 3 is 2.40 bits per heavy atom. The molecule has 0 radical (unpaired) electrons. The van der Waals surface area contributed by atoms with Gasteiger partial charge in [-0.1, -0.05) is 55.0 Å². The van der Waals surface area contributed by atoms with E-state index in [2.05, 4.69) is 70.2 Å². The van der Waals surface area contributed by atoms with E-state index < -0.39 is 0 Å². The molecule has 1 saturated carbocycles. The Hall–Kier alpha value is -3.72. The molecule has 4 amide bonds. The number of carbonyl (C=O) groups is 4. The lowest BCUT2D eigenvalue weighted by Crippen LogP contribution is -2.53. The minimum atomic E-state index is -0.359. The minimum absolute atomic E-state index is 0.00140. The van der Waals surface area contributed by atoms with Crippen LogP contribution < -0.4 is 16.0 Å². The van der Waals surface area contributed by atoms with Gasteiger partial charge in [0.05, 0.1) is 13.1 Å². The van der Waals surface area contributed by atoms with Crippen molar-refractivity contribution in [2.24, 2.45) is 5.92 Å². The van der Waals surface area contributed by atoms with Crippen LogP contribution in [0.1, 0.15) is 50.6 Å². The van der Waals surface area contributed by atoms with Crippen LogP contribution in [0.2, 0.25) is 0 Å². The molecular formula is C31H41N5O4. The summed E-state index contributed by atoms with van der Waals surface area (Å²) in [5, 5.41) is 10.2. The van der Waals surface area contributed by atoms with Gasteiger partial charge >= 0.3 is 0 Å². The molecular weight excluding hydrogens is 506 g/mol. The van der Waals surface area contributed by atoms with E-state index in [-0.39, 0.29) is 61.3 Å². The second kappa shape index (κ2) is 14.1. The number of benzene rings is 2. The monoisotopic (exact) mass is 547 g/mol. The van der Waals surface area contributed by atoms with Crippen molar-refractivity contribution in [3.8, 4) is 0 Å². The molecule has 3 N–H and O–H groups in total. The maximum Gasteiger partial charge on any atom is 0.243 e. The second-order valence-electron chi connectivity index (χ2n) is 10.7. The van der Waals surface area contributed by atoms with Gasteiger partial charge in [0.15, 0.2) is 0 Å². The number of hydrogen-bond acceptors (Lipinski definition) is 5. The molecule has 2 aromatic carbocycles. The number of carbonyl (C=O) groups excluding carboxylic acids is 4. The summed E-state index contributed by atoms with van der Waals surface area (Å²) in [4.78, 5) is 53.7. The SMILES string of the molecule is CNC(=O)/C=C/CNC(=O)CNC(=O)CN(C(=O)C1CCC1)C1CCN(C(C)c2cccc3ccccc23)CC1. The van der Waals surface area contributed by atoms with E-state index in [0.717, 1.165) is 45.2 Å². The molecule has 1 atom stereocenters. The van der Waals surface area contributed by atoms with Crippen LogP contribution in [0, 0.1) is 5.92 Å². The number of rotatable bonds is 11. The summed E-state index contributed by atoms with van der Waals surface area (Å²) >= 11 is 0. The number of piperidine rings is 1. The van der Waals surface area contributed by atoms with Crippen molar-refractivity contribution >= 4 is 34.4 Å². The molecule has 2 aliphatic rings. The van der Waals surface area contributed by atoms with Crippen molar-refractivity contribution in [1.82, 2.24) is 25.8 Å². The van der Waals surface area contributed by atoms with E-state index in [4.69, 9.17) is 0 Å². The van der Waals surface area contributed by atoms with Gasteiger partial charge in [0.2, 0.25) is 23.6 Å². The van der Waals surface area contributed by atoms with Gasteiger partial charge in [-0.2, -0.15) is 0 Å². The first-order chi connectivity index (χ1) is 19.4. The molecule has 2 fully saturated rings. The maximum atomic E-state index is 13.3. The zero-order valence-corrected chi connectivity index (χ0v) is 23.5. The third-order valence-electron chi connectivity index (χ3n) is 8.19. The Morgan fingerprint density at radius 2 is 1.70 bits per heavy atom. The standard InChI is InChI=1S/C31H41N5O4/c1-22(26-13-6-9-23-8-3-4-12-27(23)26)35-18-15-25(16-19-35)36(31(40)24-10-5-11-24)21-30(39)34-20-29(38)33-17-7-14-28(37)32-2/h3-4,6-9,12-14,22,24-25H,5,10-11,15-21H2,1-2H3,(H,32,37)(H,33,38)(H,34,39)/b14-7+.